The third-order valence-corrected chi connectivity index (χ3v) is 5.39. The number of nitrogens with one attached hydrogen (secondary N) is 1. The lowest BCUT2D eigenvalue weighted by Crippen LogP contribution is -2.48. The predicted octanol–water partition coefficient (Wildman–Crippen LogP) is 4.27. The summed E-state index contributed by atoms with van der Waals surface area (Å²) < 4.78 is 24.7. The van der Waals surface area contributed by atoms with Crippen LogP contribution in [0.1, 0.15) is 5.56 Å². The summed E-state index contributed by atoms with van der Waals surface area (Å²) in [6.45, 7) is 4.77. The smallest absolute Gasteiger partial charge is 0.288 e. The average molecular weight is 418 g/mol. The van der Waals surface area contributed by atoms with Crippen LogP contribution in [0, 0.1) is 0 Å². The van der Waals surface area contributed by atoms with Crippen molar-refractivity contribution in [3.05, 3.63) is 66.2 Å². The van der Waals surface area contributed by atoms with Crippen LogP contribution in [0.25, 0.3) is 6.08 Å². The number of hydrogen-bond acceptors (Lipinski definition) is 4. The number of benzene rings is 2. The number of thioether (sulfide) groups is 1. The van der Waals surface area contributed by atoms with Crippen LogP contribution < -0.4 is 5.32 Å². The van der Waals surface area contributed by atoms with Gasteiger partial charge in [0.05, 0.1) is 6.54 Å². The van der Waals surface area contributed by atoms with Gasteiger partial charge in [0.15, 0.2) is 0 Å². The molecule has 0 spiro atoms. The van der Waals surface area contributed by atoms with Gasteiger partial charge < -0.3 is 5.32 Å². The summed E-state index contributed by atoms with van der Waals surface area (Å²) in [5, 5.41) is 2.83. The molecule has 1 saturated heterocycles. The SMILES string of the molecule is O=C(CN1CCN(C/C=C/c2ccccc2)CC1)Nc1ccc(SC(F)F)cc1. The summed E-state index contributed by atoms with van der Waals surface area (Å²) in [6, 6.07) is 16.7. The maximum absolute atomic E-state index is 12.3. The molecule has 29 heavy (non-hydrogen) atoms. The van der Waals surface area contributed by atoms with Crippen LogP contribution in [0.15, 0.2) is 65.6 Å². The normalized spacial score (nSPS) is 15.8. The zero-order valence-electron chi connectivity index (χ0n) is 16.1. The van der Waals surface area contributed by atoms with Gasteiger partial charge >= 0.3 is 0 Å². The third kappa shape index (κ3) is 7.61. The molecule has 1 heterocycles. The Hall–Kier alpha value is -2.22. The fourth-order valence-corrected chi connectivity index (χ4v) is 3.65. The zero-order valence-corrected chi connectivity index (χ0v) is 17.0. The van der Waals surface area contributed by atoms with E-state index in [1.165, 1.54) is 5.56 Å². The summed E-state index contributed by atoms with van der Waals surface area (Å²) in [7, 11) is 0. The Morgan fingerprint density at radius 3 is 2.31 bits per heavy atom. The first-order chi connectivity index (χ1) is 14.1. The molecule has 154 valence electrons. The van der Waals surface area contributed by atoms with Crippen molar-refractivity contribution in [3.8, 4) is 0 Å². The summed E-state index contributed by atoms with van der Waals surface area (Å²) in [5.74, 6) is -2.53. The van der Waals surface area contributed by atoms with Gasteiger partial charge in [0.25, 0.3) is 5.76 Å². The Bertz CT molecular complexity index is 791. The molecular weight excluding hydrogens is 392 g/mol. The van der Waals surface area contributed by atoms with Crippen LogP contribution in [0.2, 0.25) is 0 Å². The summed E-state index contributed by atoms with van der Waals surface area (Å²) >= 11 is 0.495. The highest BCUT2D eigenvalue weighted by Crippen LogP contribution is 2.26. The number of halogens is 2. The highest BCUT2D eigenvalue weighted by Gasteiger charge is 2.18. The highest BCUT2D eigenvalue weighted by atomic mass is 32.2. The molecule has 0 bridgehead atoms. The number of anilines is 1. The van der Waals surface area contributed by atoms with E-state index in [0.29, 0.717) is 28.9 Å². The Morgan fingerprint density at radius 2 is 1.66 bits per heavy atom. The Morgan fingerprint density at radius 1 is 1.00 bits per heavy atom. The molecule has 1 aliphatic heterocycles. The topological polar surface area (TPSA) is 35.6 Å². The minimum absolute atomic E-state index is 0.0864. The number of piperazine rings is 1. The fraction of sp³-hybridized carbons (Fsp3) is 0.318. The van der Waals surface area contributed by atoms with Gasteiger partial charge in [-0.05, 0) is 29.8 Å². The molecule has 0 atom stereocenters. The van der Waals surface area contributed by atoms with Crippen molar-refractivity contribution in [2.45, 2.75) is 10.7 Å². The van der Waals surface area contributed by atoms with Crippen molar-refractivity contribution in [1.82, 2.24) is 9.80 Å². The second-order valence-corrected chi connectivity index (χ2v) is 7.90. The largest absolute Gasteiger partial charge is 0.325 e. The van der Waals surface area contributed by atoms with Gasteiger partial charge in [-0.15, -0.1) is 0 Å². The van der Waals surface area contributed by atoms with Crippen LogP contribution in [0.4, 0.5) is 14.5 Å². The van der Waals surface area contributed by atoms with E-state index in [0.717, 1.165) is 32.7 Å². The number of carbonyl (C=O) groups is 1. The molecule has 0 aromatic heterocycles. The first-order valence-corrected chi connectivity index (χ1v) is 10.5. The molecule has 0 unspecified atom stereocenters. The molecule has 1 fully saturated rings. The van der Waals surface area contributed by atoms with Gasteiger partial charge in [0.2, 0.25) is 5.91 Å². The number of alkyl halides is 2. The standard InChI is InChI=1S/C22H25F2N3OS/c23-22(24)29-20-10-8-19(9-11-20)25-21(28)17-27-15-13-26(14-16-27)12-4-7-18-5-2-1-3-6-18/h1-11,22H,12-17H2,(H,25,28)/b7-4+. The lowest BCUT2D eigenvalue weighted by molar-refractivity contribution is -0.117. The van der Waals surface area contributed by atoms with Crippen molar-refractivity contribution >= 4 is 29.4 Å². The summed E-state index contributed by atoms with van der Waals surface area (Å²) in [5.41, 5.74) is 1.82. The maximum Gasteiger partial charge on any atom is 0.288 e. The van der Waals surface area contributed by atoms with Gasteiger partial charge in [0, 0.05) is 43.3 Å². The molecule has 4 nitrogen and oxygen atoms in total. The van der Waals surface area contributed by atoms with E-state index in [1.54, 1.807) is 24.3 Å². The predicted molar refractivity (Wildman–Crippen MR) is 115 cm³/mol. The Labute approximate surface area is 174 Å². The van der Waals surface area contributed by atoms with E-state index >= 15 is 0 Å². The van der Waals surface area contributed by atoms with Crippen molar-refractivity contribution in [2.24, 2.45) is 0 Å². The second-order valence-electron chi connectivity index (χ2n) is 6.84. The third-order valence-electron chi connectivity index (χ3n) is 4.67. The first-order valence-electron chi connectivity index (χ1n) is 9.59. The van der Waals surface area contributed by atoms with Crippen molar-refractivity contribution in [3.63, 3.8) is 0 Å². The molecule has 0 saturated carbocycles. The second kappa shape index (κ2) is 11.1. The van der Waals surface area contributed by atoms with Crippen molar-refractivity contribution in [1.29, 1.82) is 0 Å². The van der Waals surface area contributed by atoms with Crippen LogP contribution in [0.5, 0.6) is 0 Å². The minimum atomic E-state index is -2.44. The molecule has 1 N–H and O–H groups in total. The van der Waals surface area contributed by atoms with Crippen molar-refractivity contribution < 1.29 is 13.6 Å². The molecule has 1 amide bonds. The zero-order chi connectivity index (χ0) is 20.5. The monoisotopic (exact) mass is 417 g/mol. The van der Waals surface area contributed by atoms with Crippen LogP contribution in [-0.2, 0) is 4.79 Å². The lowest BCUT2D eigenvalue weighted by atomic mass is 10.2. The van der Waals surface area contributed by atoms with Gasteiger partial charge in [-0.1, -0.05) is 54.2 Å². The van der Waals surface area contributed by atoms with E-state index in [9.17, 15) is 13.6 Å². The summed E-state index contributed by atoms with van der Waals surface area (Å²) in [4.78, 5) is 17.2. The van der Waals surface area contributed by atoms with Gasteiger partial charge in [0.1, 0.15) is 0 Å². The molecule has 1 aliphatic rings. The van der Waals surface area contributed by atoms with Crippen molar-refractivity contribution in [2.75, 3.05) is 44.6 Å². The molecule has 2 aromatic rings. The van der Waals surface area contributed by atoms with E-state index in [1.807, 2.05) is 18.2 Å². The Kier molecular flexibility index (Phi) is 8.22. The molecule has 3 rings (SSSR count). The first kappa shape index (κ1) is 21.5. The van der Waals surface area contributed by atoms with Gasteiger partial charge in [-0.25, -0.2) is 0 Å². The highest BCUT2D eigenvalue weighted by molar-refractivity contribution is 7.99. The lowest BCUT2D eigenvalue weighted by Gasteiger charge is -2.33. The number of amides is 1. The van der Waals surface area contributed by atoms with Gasteiger partial charge in [-0.2, -0.15) is 8.78 Å². The molecule has 0 radical (unpaired) electrons. The van der Waals surface area contributed by atoms with Crippen LogP contribution >= 0.6 is 11.8 Å². The molecular formula is C22H25F2N3OS. The van der Waals surface area contributed by atoms with E-state index in [-0.39, 0.29) is 5.91 Å². The summed E-state index contributed by atoms with van der Waals surface area (Å²) in [6.07, 6.45) is 4.30. The molecule has 2 aromatic carbocycles. The maximum atomic E-state index is 12.3. The average Bonchev–Trinajstić information content (AvgIpc) is 2.71. The minimum Gasteiger partial charge on any atom is -0.325 e. The number of nitrogens with zero attached hydrogens (tertiary/aromatic N) is 2. The van der Waals surface area contributed by atoms with E-state index in [2.05, 4.69) is 39.4 Å². The Balaban J connectivity index is 1.36. The van der Waals surface area contributed by atoms with Crippen LogP contribution in [-0.4, -0.2) is 60.7 Å². The molecule has 0 aliphatic carbocycles. The van der Waals surface area contributed by atoms with Gasteiger partial charge in [-0.3, -0.25) is 14.6 Å². The number of carbonyl (C=O) groups excluding carboxylic acids is 1. The molecule has 7 heteroatoms. The van der Waals surface area contributed by atoms with Crippen LogP contribution in [0.3, 0.4) is 0 Å². The van der Waals surface area contributed by atoms with E-state index < -0.39 is 5.76 Å². The fourth-order valence-electron chi connectivity index (χ4n) is 3.16. The van der Waals surface area contributed by atoms with E-state index in [4.69, 9.17) is 0 Å². The number of rotatable bonds is 8. The quantitative estimate of drug-likeness (QED) is 0.651. The number of hydrogen-bond donors (Lipinski definition) is 1.